The number of rotatable bonds is 4. The first-order chi connectivity index (χ1) is 18.4. The van der Waals surface area contributed by atoms with Gasteiger partial charge in [-0.15, -0.1) is 0 Å². The van der Waals surface area contributed by atoms with E-state index >= 15 is 0 Å². The van der Waals surface area contributed by atoms with Crippen molar-refractivity contribution in [1.82, 2.24) is 25.0 Å². The number of hydrogen-bond donors (Lipinski definition) is 3. The maximum atomic E-state index is 13.1. The zero-order chi connectivity index (χ0) is 28.2. The van der Waals surface area contributed by atoms with E-state index in [-0.39, 0.29) is 31.0 Å². The van der Waals surface area contributed by atoms with Crippen molar-refractivity contribution in [3.05, 3.63) is 23.8 Å². The number of benzene rings is 1. The van der Waals surface area contributed by atoms with Gasteiger partial charge in [0, 0.05) is 43.4 Å². The van der Waals surface area contributed by atoms with Gasteiger partial charge in [-0.1, -0.05) is 0 Å². The van der Waals surface area contributed by atoms with E-state index in [0.29, 0.717) is 48.6 Å². The number of nitrogens with one attached hydrogen (secondary N) is 3. The van der Waals surface area contributed by atoms with E-state index in [1.807, 2.05) is 26.8 Å². The van der Waals surface area contributed by atoms with Crippen LogP contribution in [0, 0.1) is 17.2 Å². The van der Waals surface area contributed by atoms with Crippen LogP contribution in [0.25, 0.3) is 0 Å². The van der Waals surface area contributed by atoms with Crippen LogP contribution in [0.3, 0.4) is 0 Å². The highest BCUT2D eigenvalue weighted by atomic mass is 32.2. The third kappa shape index (κ3) is 4.73. The molecule has 0 aliphatic carbocycles. The second-order valence-corrected chi connectivity index (χ2v) is 13.6. The van der Waals surface area contributed by atoms with Crippen molar-refractivity contribution in [3.8, 4) is 6.07 Å². The summed E-state index contributed by atoms with van der Waals surface area (Å²) in [7, 11) is -2.22. The van der Waals surface area contributed by atoms with Crippen molar-refractivity contribution in [2.45, 2.75) is 81.2 Å². The fourth-order valence-electron chi connectivity index (χ4n) is 6.48. The van der Waals surface area contributed by atoms with E-state index in [1.54, 1.807) is 17.0 Å². The topological polar surface area (TPSA) is 147 Å². The maximum absolute atomic E-state index is 13.1. The second kappa shape index (κ2) is 9.92. The number of fused-ring (bicyclic) bond motifs is 2. The number of hydrogen-bond acceptors (Lipinski definition) is 9. The number of piperidine rings is 2. The lowest BCUT2D eigenvalue weighted by molar-refractivity contribution is -0.128. The number of anilines is 1. The van der Waals surface area contributed by atoms with Gasteiger partial charge < -0.3 is 20.3 Å². The Hall–Kier alpha value is -2.92. The molecule has 0 spiro atoms. The minimum absolute atomic E-state index is 0.0690. The number of sulfonamides is 1. The summed E-state index contributed by atoms with van der Waals surface area (Å²) in [4.78, 5) is 27.2. The number of methoxy groups -OCH3 is 1. The van der Waals surface area contributed by atoms with Gasteiger partial charge in [0.2, 0.25) is 15.9 Å². The summed E-state index contributed by atoms with van der Waals surface area (Å²) in [6.07, 6.45) is 1.27. The molecular weight excluding hydrogens is 522 g/mol. The van der Waals surface area contributed by atoms with Gasteiger partial charge in [0.25, 0.3) is 0 Å². The van der Waals surface area contributed by atoms with Crippen molar-refractivity contribution in [2.24, 2.45) is 5.92 Å². The van der Waals surface area contributed by atoms with E-state index in [4.69, 9.17) is 4.74 Å². The molecule has 1 aromatic rings. The predicted molar refractivity (Wildman–Crippen MR) is 142 cm³/mol. The summed E-state index contributed by atoms with van der Waals surface area (Å²) >= 11 is 0. The lowest BCUT2D eigenvalue weighted by Gasteiger charge is -2.48. The highest BCUT2D eigenvalue weighted by molar-refractivity contribution is 7.89. The predicted octanol–water partition coefficient (Wildman–Crippen LogP) is 1.57. The van der Waals surface area contributed by atoms with Crippen molar-refractivity contribution in [2.75, 3.05) is 32.1 Å². The molecule has 0 aromatic heterocycles. The van der Waals surface area contributed by atoms with E-state index in [0.717, 1.165) is 6.42 Å². The van der Waals surface area contributed by atoms with Crippen LogP contribution in [-0.4, -0.2) is 84.7 Å². The monoisotopic (exact) mass is 559 g/mol. The lowest BCUT2D eigenvalue weighted by Crippen LogP contribution is -2.62. The fourth-order valence-corrected chi connectivity index (χ4v) is 8.44. The second-order valence-electron chi connectivity index (χ2n) is 11.8. The Bertz CT molecular complexity index is 1300. The Balaban J connectivity index is 1.41. The quantitative estimate of drug-likeness (QED) is 0.500. The summed E-state index contributed by atoms with van der Waals surface area (Å²) in [5.41, 5.74) is 3.86. The Labute approximate surface area is 229 Å². The van der Waals surface area contributed by atoms with Gasteiger partial charge in [-0.2, -0.15) is 9.57 Å². The van der Waals surface area contributed by atoms with Gasteiger partial charge >= 0.3 is 6.09 Å². The molecule has 3 fully saturated rings. The van der Waals surface area contributed by atoms with Crippen LogP contribution in [-0.2, 0) is 26.1 Å². The average molecular weight is 560 g/mol. The number of nitriles is 1. The van der Waals surface area contributed by atoms with E-state index in [2.05, 4.69) is 27.1 Å². The van der Waals surface area contributed by atoms with Crippen LogP contribution in [0.5, 0.6) is 0 Å². The first-order valence-electron chi connectivity index (χ1n) is 13.4. The Morgan fingerprint density at radius 2 is 2.00 bits per heavy atom. The minimum atomic E-state index is -3.58. The van der Waals surface area contributed by atoms with Crippen LogP contribution in [0.15, 0.2) is 23.1 Å². The summed E-state index contributed by atoms with van der Waals surface area (Å²) in [5.74, 6) is -0.489. The number of amides is 2. The number of ether oxygens (including phenoxy) is 1. The average Bonchev–Trinajstić information content (AvgIpc) is 3.39. The van der Waals surface area contributed by atoms with Gasteiger partial charge in [0.05, 0.1) is 36.0 Å². The van der Waals surface area contributed by atoms with Crippen molar-refractivity contribution < 1.29 is 22.7 Å². The highest BCUT2D eigenvalue weighted by Crippen LogP contribution is 2.41. The fraction of sp³-hybridized carbons (Fsp3) is 0.654. The molecule has 13 heteroatoms. The van der Waals surface area contributed by atoms with E-state index < -0.39 is 33.2 Å². The molecule has 3 N–H and O–H groups in total. The summed E-state index contributed by atoms with van der Waals surface area (Å²) in [5, 5.41) is 18.3. The summed E-state index contributed by atoms with van der Waals surface area (Å²) in [6, 6.07) is 7.41. The van der Waals surface area contributed by atoms with E-state index in [9.17, 15) is 23.3 Å². The van der Waals surface area contributed by atoms with Crippen molar-refractivity contribution >= 4 is 27.7 Å². The van der Waals surface area contributed by atoms with E-state index in [1.165, 1.54) is 11.4 Å². The van der Waals surface area contributed by atoms with Crippen LogP contribution in [0.4, 0.5) is 10.5 Å². The molecule has 5 rings (SSSR count). The number of nitrogens with zero attached hydrogens (tertiary/aromatic N) is 4. The Kier molecular flexibility index (Phi) is 7.03. The molecule has 212 valence electrons. The summed E-state index contributed by atoms with van der Waals surface area (Å²) < 4.78 is 32.6. The van der Waals surface area contributed by atoms with Crippen LogP contribution in [0.1, 0.15) is 52.0 Å². The minimum Gasteiger partial charge on any atom is -0.453 e. The van der Waals surface area contributed by atoms with Crippen LogP contribution in [0.2, 0.25) is 0 Å². The standard InChI is InChI=1S/C26H37N7O5S/c1-25(2,3)32-16-17-15-18(5-6-20(17)39(32,36)37)29-22-21-19(7-12-28-23(21)34)33(30-22)26(8-11-27)9-13-31(14-10-26)24(35)38-4/h5-6,15,19,21-22,29-30H,7-10,12-14,16H2,1-4H3,(H,28,34). The molecule has 12 nitrogen and oxygen atoms in total. The number of hydrazine groups is 1. The van der Waals surface area contributed by atoms with Gasteiger partial charge in [0.15, 0.2) is 0 Å². The first-order valence-corrected chi connectivity index (χ1v) is 14.8. The Morgan fingerprint density at radius 1 is 1.28 bits per heavy atom. The molecule has 2 amide bonds. The normalized spacial score (nSPS) is 28.2. The first kappa shape index (κ1) is 27.6. The van der Waals surface area contributed by atoms with Crippen LogP contribution < -0.4 is 16.1 Å². The molecule has 4 aliphatic heterocycles. The molecular formula is C26H37N7O5S. The van der Waals surface area contributed by atoms with Gasteiger partial charge in [-0.3, -0.25) is 4.79 Å². The molecule has 3 saturated heterocycles. The third-order valence-corrected chi connectivity index (χ3v) is 10.7. The SMILES string of the molecule is COC(=O)N1CCC(CC#N)(N2NC(Nc3ccc4c(c3)CN(C(C)(C)C)S4(=O)=O)C3C(=O)NCCC32)CC1. The molecule has 3 atom stereocenters. The van der Waals surface area contributed by atoms with Gasteiger partial charge in [0.1, 0.15) is 6.17 Å². The van der Waals surface area contributed by atoms with Crippen LogP contribution >= 0.6 is 0 Å². The molecule has 0 bridgehead atoms. The molecule has 1 aromatic carbocycles. The molecule has 3 unspecified atom stereocenters. The zero-order valence-corrected chi connectivity index (χ0v) is 23.7. The molecule has 0 radical (unpaired) electrons. The summed E-state index contributed by atoms with van der Waals surface area (Å²) in [6.45, 7) is 7.37. The largest absolute Gasteiger partial charge is 0.453 e. The van der Waals surface area contributed by atoms with Gasteiger partial charge in [-0.25, -0.2) is 23.6 Å². The Morgan fingerprint density at radius 3 is 2.64 bits per heavy atom. The van der Waals surface area contributed by atoms with Crippen molar-refractivity contribution in [3.63, 3.8) is 0 Å². The van der Waals surface area contributed by atoms with Crippen molar-refractivity contribution in [1.29, 1.82) is 5.26 Å². The van der Waals surface area contributed by atoms with Gasteiger partial charge in [-0.05, 0) is 63.8 Å². The third-order valence-electron chi connectivity index (χ3n) is 8.48. The number of likely N-dealkylation sites (tertiary alicyclic amines) is 1. The molecule has 0 saturated carbocycles. The molecule has 39 heavy (non-hydrogen) atoms. The molecule has 4 aliphatic rings. The smallest absolute Gasteiger partial charge is 0.409 e. The number of carbonyl (C=O) groups excluding carboxylic acids is 2. The lowest BCUT2D eigenvalue weighted by atomic mass is 9.81. The zero-order valence-electron chi connectivity index (χ0n) is 22.9. The maximum Gasteiger partial charge on any atom is 0.409 e. The number of carbonyl (C=O) groups is 2. The molecule has 4 heterocycles. The highest BCUT2D eigenvalue weighted by Gasteiger charge is 2.55.